The summed E-state index contributed by atoms with van der Waals surface area (Å²) in [5.41, 5.74) is 3.98. The van der Waals surface area contributed by atoms with Crippen LogP contribution in [-0.4, -0.2) is 47.4 Å². The van der Waals surface area contributed by atoms with Gasteiger partial charge >= 0.3 is 0 Å². The molecular weight excluding hydrogens is 274 g/mol. The molecule has 0 fully saturated rings. The highest BCUT2D eigenvalue weighted by molar-refractivity contribution is 5.85. The van der Waals surface area contributed by atoms with E-state index < -0.39 is 0 Å². The molecule has 2 heterocycles. The largest absolute Gasteiger partial charge is 0.357 e. The van der Waals surface area contributed by atoms with E-state index in [0.29, 0.717) is 6.04 Å². The molecule has 1 aliphatic heterocycles. The van der Waals surface area contributed by atoms with E-state index in [-0.39, 0.29) is 11.8 Å². The van der Waals surface area contributed by atoms with Crippen molar-refractivity contribution in [3.05, 3.63) is 35.5 Å². The molecule has 4 nitrogen and oxygen atoms in total. The molecule has 1 aromatic heterocycles. The van der Waals surface area contributed by atoms with Gasteiger partial charge in [0.15, 0.2) is 0 Å². The van der Waals surface area contributed by atoms with Gasteiger partial charge in [-0.2, -0.15) is 0 Å². The highest BCUT2D eigenvalue weighted by Crippen LogP contribution is 2.30. The lowest BCUT2D eigenvalue weighted by atomic mass is 9.96. The fraction of sp³-hybridized carbons (Fsp3) is 0.500. The van der Waals surface area contributed by atoms with E-state index in [1.165, 1.54) is 22.2 Å². The molecule has 1 amide bonds. The normalized spacial score (nSPS) is 19.9. The second-order valence-corrected chi connectivity index (χ2v) is 6.74. The maximum Gasteiger partial charge on any atom is 0.226 e. The third kappa shape index (κ3) is 2.63. The fourth-order valence-electron chi connectivity index (χ4n) is 3.52. The lowest BCUT2D eigenvalue weighted by Crippen LogP contribution is -2.43. The highest BCUT2D eigenvalue weighted by atomic mass is 16.2. The van der Waals surface area contributed by atoms with Crippen LogP contribution in [0.1, 0.15) is 25.1 Å². The second kappa shape index (κ2) is 5.76. The number of rotatable bonds is 3. The van der Waals surface area contributed by atoms with Gasteiger partial charge in [0.25, 0.3) is 0 Å². The van der Waals surface area contributed by atoms with Crippen LogP contribution in [-0.2, 0) is 17.8 Å². The van der Waals surface area contributed by atoms with Crippen molar-refractivity contribution in [3.8, 4) is 0 Å². The second-order valence-electron chi connectivity index (χ2n) is 6.74. The molecule has 1 aromatic carbocycles. The van der Waals surface area contributed by atoms with Gasteiger partial charge in [-0.15, -0.1) is 0 Å². The first-order valence-electron chi connectivity index (χ1n) is 8.01. The number of carbonyl (C=O) groups excluding carboxylic acids is 1. The van der Waals surface area contributed by atoms with Crippen molar-refractivity contribution < 1.29 is 4.79 Å². The molecule has 118 valence electrons. The molecule has 4 heteroatoms. The Hall–Kier alpha value is -1.81. The van der Waals surface area contributed by atoms with Crippen LogP contribution in [0, 0.1) is 5.92 Å². The van der Waals surface area contributed by atoms with Gasteiger partial charge in [0, 0.05) is 55.7 Å². The summed E-state index contributed by atoms with van der Waals surface area (Å²) in [5, 5.41) is 1.35. The quantitative estimate of drug-likeness (QED) is 0.946. The van der Waals surface area contributed by atoms with Crippen LogP contribution in [0.5, 0.6) is 0 Å². The smallest absolute Gasteiger partial charge is 0.226 e. The number of carbonyl (C=O) groups is 1. The van der Waals surface area contributed by atoms with Crippen LogP contribution in [0.3, 0.4) is 0 Å². The molecule has 3 rings (SSSR count). The van der Waals surface area contributed by atoms with E-state index in [2.05, 4.69) is 41.1 Å². The Labute approximate surface area is 132 Å². The van der Waals surface area contributed by atoms with Crippen molar-refractivity contribution in [2.24, 2.45) is 5.92 Å². The monoisotopic (exact) mass is 299 g/mol. The van der Waals surface area contributed by atoms with E-state index in [1.54, 1.807) is 4.90 Å². The van der Waals surface area contributed by atoms with Gasteiger partial charge in [0.05, 0.1) is 0 Å². The number of aromatic amines is 1. The molecule has 22 heavy (non-hydrogen) atoms. The summed E-state index contributed by atoms with van der Waals surface area (Å²) in [4.78, 5) is 19.8. The van der Waals surface area contributed by atoms with Crippen molar-refractivity contribution in [2.75, 3.05) is 20.6 Å². The zero-order chi connectivity index (χ0) is 15.9. The maximum atomic E-state index is 12.1. The average molecular weight is 299 g/mol. The number of hydrogen-bond acceptors (Lipinski definition) is 2. The number of amides is 1. The van der Waals surface area contributed by atoms with E-state index >= 15 is 0 Å². The fourth-order valence-corrected chi connectivity index (χ4v) is 3.52. The summed E-state index contributed by atoms with van der Waals surface area (Å²) >= 11 is 0. The molecule has 0 saturated carbocycles. The van der Waals surface area contributed by atoms with Gasteiger partial charge in [-0.3, -0.25) is 9.69 Å². The summed E-state index contributed by atoms with van der Waals surface area (Å²) in [6.07, 6.45) is 1.04. The zero-order valence-corrected chi connectivity index (χ0v) is 13.9. The Bertz CT molecular complexity index is 689. The molecule has 1 aliphatic rings. The number of hydrogen-bond donors (Lipinski definition) is 1. The first-order valence-corrected chi connectivity index (χ1v) is 8.01. The highest BCUT2D eigenvalue weighted by Gasteiger charge is 2.28. The molecule has 1 N–H and O–H groups in total. The first kappa shape index (κ1) is 15.1. The Morgan fingerprint density at radius 2 is 2.14 bits per heavy atom. The Kier molecular flexibility index (Phi) is 3.96. The summed E-state index contributed by atoms with van der Waals surface area (Å²) in [7, 11) is 3.66. The zero-order valence-electron chi connectivity index (χ0n) is 13.9. The minimum Gasteiger partial charge on any atom is -0.357 e. The topological polar surface area (TPSA) is 39.3 Å². The average Bonchev–Trinajstić information content (AvgIpc) is 2.84. The lowest BCUT2D eigenvalue weighted by Gasteiger charge is -2.35. The van der Waals surface area contributed by atoms with E-state index in [0.717, 1.165) is 19.5 Å². The van der Waals surface area contributed by atoms with Gasteiger partial charge in [-0.1, -0.05) is 25.1 Å². The van der Waals surface area contributed by atoms with Gasteiger partial charge < -0.3 is 9.88 Å². The molecule has 0 spiro atoms. The number of H-pyrrole nitrogens is 1. The van der Waals surface area contributed by atoms with Crippen LogP contribution in [0.2, 0.25) is 0 Å². The van der Waals surface area contributed by atoms with Gasteiger partial charge in [0.1, 0.15) is 0 Å². The first-order chi connectivity index (χ1) is 10.5. The predicted molar refractivity (Wildman–Crippen MR) is 89.7 cm³/mol. The summed E-state index contributed by atoms with van der Waals surface area (Å²) < 4.78 is 0. The van der Waals surface area contributed by atoms with E-state index in [1.807, 2.05) is 21.0 Å². The summed E-state index contributed by atoms with van der Waals surface area (Å²) in [6.45, 7) is 6.00. The molecule has 0 saturated heterocycles. The van der Waals surface area contributed by atoms with E-state index in [4.69, 9.17) is 0 Å². The van der Waals surface area contributed by atoms with Crippen LogP contribution < -0.4 is 0 Å². The van der Waals surface area contributed by atoms with Crippen molar-refractivity contribution in [1.82, 2.24) is 14.8 Å². The van der Waals surface area contributed by atoms with Gasteiger partial charge in [0.2, 0.25) is 5.91 Å². The standard InChI is InChI=1S/C18H25N3O/c1-12(18(22)20(3)4)10-21-11-17-15(9-13(21)2)14-7-5-6-8-16(14)19-17/h5-8,12-13,19H,9-11H2,1-4H3/t12-,13+/m0/s1. The lowest BCUT2D eigenvalue weighted by molar-refractivity contribution is -0.133. The summed E-state index contributed by atoms with van der Waals surface area (Å²) in [6, 6.07) is 8.98. The number of nitrogens with zero attached hydrogens (tertiary/aromatic N) is 2. The maximum absolute atomic E-state index is 12.1. The summed E-state index contributed by atoms with van der Waals surface area (Å²) in [5.74, 6) is 0.234. The Morgan fingerprint density at radius 1 is 1.41 bits per heavy atom. The Morgan fingerprint density at radius 3 is 2.86 bits per heavy atom. The minimum absolute atomic E-state index is 0.0309. The molecule has 2 atom stereocenters. The number of nitrogens with one attached hydrogen (secondary N) is 1. The third-order valence-corrected chi connectivity index (χ3v) is 4.76. The number of para-hydroxylation sites is 1. The molecular formula is C18H25N3O. The van der Waals surface area contributed by atoms with Crippen LogP contribution in [0.4, 0.5) is 0 Å². The SMILES string of the molecule is C[C@@H]1Cc2c([nH]c3ccccc23)CN1C[C@H](C)C(=O)N(C)C. The van der Waals surface area contributed by atoms with Crippen LogP contribution >= 0.6 is 0 Å². The molecule has 0 radical (unpaired) electrons. The molecule has 0 bridgehead atoms. The third-order valence-electron chi connectivity index (χ3n) is 4.76. The van der Waals surface area contributed by atoms with Crippen molar-refractivity contribution >= 4 is 16.8 Å². The number of aromatic nitrogens is 1. The molecule has 2 aromatic rings. The van der Waals surface area contributed by atoms with Gasteiger partial charge in [-0.05, 0) is 25.0 Å². The minimum atomic E-state index is 0.0309. The molecule has 0 aliphatic carbocycles. The van der Waals surface area contributed by atoms with Crippen molar-refractivity contribution in [2.45, 2.75) is 32.9 Å². The van der Waals surface area contributed by atoms with E-state index in [9.17, 15) is 4.79 Å². The number of fused-ring (bicyclic) bond motifs is 3. The van der Waals surface area contributed by atoms with Crippen LogP contribution in [0.25, 0.3) is 10.9 Å². The Balaban J connectivity index is 1.81. The molecule has 0 unspecified atom stereocenters. The van der Waals surface area contributed by atoms with Gasteiger partial charge in [-0.25, -0.2) is 0 Å². The van der Waals surface area contributed by atoms with Crippen LogP contribution in [0.15, 0.2) is 24.3 Å². The van der Waals surface area contributed by atoms with Crippen molar-refractivity contribution in [1.29, 1.82) is 0 Å². The predicted octanol–water partition coefficient (Wildman–Crippen LogP) is 2.64. The number of benzene rings is 1. The van der Waals surface area contributed by atoms with Crippen molar-refractivity contribution in [3.63, 3.8) is 0 Å².